The van der Waals surface area contributed by atoms with E-state index >= 15 is 0 Å². The van der Waals surface area contributed by atoms with Crippen LogP contribution in [0.5, 0.6) is 11.5 Å². The Labute approximate surface area is 185 Å². The summed E-state index contributed by atoms with van der Waals surface area (Å²) in [6, 6.07) is 23.0. The third-order valence-electron chi connectivity index (χ3n) is 5.69. The van der Waals surface area contributed by atoms with E-state index in [9.17, 15) is 9.59 Å². The van der Waals surface area contributed by atoms with E-state index in [0.29, 0.717) is 23.6 Å². The lowest BCUT2D eigenvalue weighted by molar-refractivity contribution is -0.120. The molecule has 0 aliphatic carbocycles. The van der Waals surface area contributed by atoms with Crippen LogP contribution >= 0.6 is 0 Å². The number of aromatic nitrogens is 1. The predicted molar refractivity (Wildman–Crippen MR) is 122 cm³/mol. The van der Waals surface area contributed by atoms with Gasteiger partial charge in [0.2, 0.25) is 0 Å². The minimum absolute atomic E-state index is 0.0147. The van der Waals surface area contributed by atoms with E-state index in [1.165, 1.54) is 4.90 Å². The molecule has 3 aromatic carbocycles. The van der Waals surface area contributed by atoms with Crippen molar-refractivity contribution in [2.75, 3.05) is 18.6 Å². The second-order valence-electron chi connectivity index (χ2n) is 7.75. The van der Waals surface area contributed by atoms with E-state index < -0.39 is 0 Å². The molecule has 1 amide bonds. The minimum Gasteiger partial charge on any atom is -0.488 e. The third kappa shape index (κ3) is 3.71. The summed E-state index contributed by atoms with van der Waals surface area (Å²) in [6.07, 6.45) is 1.90. The van der Waals surface area contributed by atoms with Gasteiger partial charge in [0.15, 0.2) is 12.4 Å². The molecule has 2 heterocycles. The van der Waals surface area contributed by atoms with Gasteiger partial charge in [-0.15, -0.1) is 0 Å². The Balaban J connectivity index is 1.37. The molecule has 0 N–H and O–H groups in total. The van der Waals surface area contributed by atoms with Gasteiger partial charge < -0.3 is 18.9 Å². The SMILES string of the molecule is CN1C(=O)COc2ccc(C(=O)Cn3ccc4c(OCc5ccccc5)cccc43)cc21. The van der Waals surface area contributed by atoms with Gasteiger partial charge in [0, 0.05) is 24.2 Å². The number of hydrogen-bond donors (Lipinski definition) is 0. The van der Waals surface area contributed by atoms with Gasteiger partial charge >= 0.3 is 0 Å². The quantitative estimate of drug-likeness (QED) is 0.427. The topological polar surface area (TPSA) is 60.8 Å². The molecular weight excluding hydrogens is 404 g/mol. The Morgan fingerprint density at radius 2 is 1.88 bits per heavy atom. The van der Waals surface area contributed by atoms with Gasteiger partial charge in [0.05, 0.1) is 17.7 Å². The van der Waals surface area contributed by atoms with Crippen molar-refractivity contribution in [2.45, 2.75) is 13.2 Å². The summed E-state index contributed by atoms with van der Waals surface area (Å²) in [7, 11) is 1.69. The number of Topliss-reactive ketones (excluding diaryl/α,β-unsaturated/α-hetero) is 1. The number of ether oxygens (including phenoxy) is 2. The summed E-state index contributed by atoms with van der Waals surface area (Å²) in [6.45, 7) is 0.678. The van der Waals surface area contributed by atoms with Gasteiger partial charge in [-0.3, -0.25) is 9.59 Å². The van der Waals surface area contributed by atoms with Gasteiger partial charge in [-0.1, -0.05) is 36.4 Å². The first-order chi connectivity index (χ1) is 15.6. The van der Waals surface area contributed by atoms with Crippen molar-refractivity contribution in [2.24, 2.45) is 0 Å². The van der Waals surface area contributed by atoms with Crippen LogP contribution < -0.4 is 14.4 Å². The van der Waals surface area contributed by atoms with Crippen LogP contribution in [-0.4, -0.2) is 29.9 Å². The lowest BCUT2D eigenvalue weighted by Gasteiger charge is -2.26. The first kappa shape index (κ1) is 19.9. The first-order valence-corrected chi connectivity index (χ1v) is 10.4. The average Bonchev–Trinajstić information content (AvgIpc) is 3.24. The van der Waals surface area contributed by atoms with Crippen LogP contribution in [0, 0.1) is 0 Å². The molecule has 1 aliphatic rings. The van der Waals surface area contributed by atoms with E-state index in [-0.39, 0.29) is 24.8 Å². The molecule has 0 atom stereocenters. The normalized spacial score (nSPS) is 13.0. The highest BCUT2D eigenvalue weighted by Crippen LogP contribution is 2.32. The number of ketones is 1. The molecule has 0 saturated heterocycles. The molecule has 4 aromatic rings. The number of fused-ring (bicyclic) bond motifs is 2. The summed E-state index contributed by atoms with van der Waals surface area (Å²) in [5.74, 6) is 1.20. The van der Waals surface area contributed by atoms with E-state index in [1.807, 2.05) is 65.4 Å². The van der Waals surface area contributed by atoms with Crippen LogP contribution in [0.3, 0.4) is 0 Å². The number of rotatable bonds is 6. The fraction of sp³-hybridized carbons (Fsp3) is 0.154. The number of anilines is 1. The molecule has 160 valence electrons. The lowest BCUT2D eigenvalue weighted by Crippen LogP contribution is -2.35. The molecule has 1 aromatic heterocycles. The second-order valence-corrected chi connectivity index (χ2v) is 7.75. The summed E-state index contributed by atoms with van der Waals surface area (Å²) >= 11 is 0. The zero-order chi connectivity index (χ0) is 22.1. The van der Waals surface area contributed by atoms with E-state index in [1.54, 1.807) is 25.2 Å². The van der Waals surface area contributed by atoms with Gasteiger partial charge in [0.1, 0.15) is 18.1 Å². The van der Waals surface area contributed by atoms with Gasteiger partial charge in [-0.2, -0.15) is 0 Å². The highest BCUT2D eigenvalue weighted by molar-refractivity contribution is 6.02. The molecule has 0 radical (unpaired) electrons. The zero-order valence-corrected chi connectivity index (χ0v) is 17.7. The number of nitrogens with zero attached hydrogens (tertiary/aromatic N) is 2. The Morgan fingerprint density at radius 3 is 2.72 bits per heavy atom. The first-order valence-electron chi connectivity index (χ1n) is 10.4. The fourth-order valence-corrected chi connectivity index (χ4v) is 3.89. The van der Waals surface area contributed by atoms with E-state index in [0.717, 1.165) is 22.2 Å². The van der Waals surface area contributed by atoms with Crippen molar-refractivity contribution in [3.8, 4) is 11.5 Å². The second kappa shape index (κ2) is 8.23. The molecule has 0 saturated carbocycles. The standard InChI is InChI=1S/C26H22N2O4/c1-27-22-14-19(10-11-25(22)32-17-26(27)30)23(29)15-28-13-12-20-21(28)8-5-9-24(20)31-16-18-6-3-2-4-7-18/h2-14H,15-17H2,1H3. The van der Waals surface area contributed by atoms with Crippen molar-refractivity contribution >= 4 is 28.3 Å². The molecule has 0 fully saturated rings. The Kier molecular flexibility index (Phi) is 5.11. The van der Waals surface area contributed by atoms with E-state index in [2.05, 4.69) is 0 Å². The largest absolute Gasteiger partial charge is 0.488 e. The number of amides is 1. The maximum atomic E-state index is 13.0. The van der Waals surface area contributed by atoms with Gasteiger partial charge in [-0.05, 0) is 42.0 Å². The maximum Gasteiger partial charge on any atom is 0.264 e. The van der Waals surface area contributed by atoms with Crippen LogP contribution in [0.15, 0.2) is 79.0 Å². The zero-order valence-electron chi connectivity index (χ0n) is 17.7. The molecule has 0 unspecified atom stereocenters. The van der Waals surface area contributed by atoms with Gasteiger partial charge in [0.25, 0.3) is 5.91 Å². The number of benzene rings is 3. The molecule has 1 aliphatic heterocycles. The third-order valence-corrected chi connectivity index (χ3v) is 5.69. The molecule has 6 nitrogen and oxygen atoms in total. The predicted octanol–water partition coefficient (Wildman–Crippen LogP) is 4.46. The number of hydrogen-bond acceptors (Lipinski definition) is 4. The summed E-state index contributed by atoms with van der Waals surface area (Å²) < 4.78 is 13.4. The summed E-state index contributed by atoms with van der Waals surface area (Å²) in [5, 5.41) is 0.959. The molecule has 0 spiro atoms. The van der Waals surface area contributed by atoms with Crippen molar-refractivity contribution in [1.82, 2.24) is 4.57 Å². The highest BCUT2D eigenvalue weighted by Gasteiger charge is 2.23. The van der Waals surface area contributed by atoms with E-state index in [4.69, 9.17) is 9.47 Å². The summed E-state index contributed by atoms with van der Waals surface area (Å²) in [4.78, 5) is 26.5. The molecule has 0 bridgehead atoms. The Hall–Kier alpha value is -4.06. The fourth-order valence-electron chi connectivity index (χ4n) is 3.89. The van der Waals surface area contributed by atoms with Crippen molar-refractivity contribution < 1.29 is 19.1 Å². The monoisotopic (exact) mass is 426 g/mol. The van der Waals surface area contributed by atoms with Crippen molar-refractivity contribution in [1.29, 1.82) is 0 Å². The highest BCUT2D eigenvalue weighted by atomic mass is 16.5. The molecule has 5 rings (SSSR count). The average molecular weight is 426 g/mol. The number of carbonyl (C=O) groups is 2. The smallest absolute Gasteiger partial charge is 0.264 e. The van der Waals surface area contributed by atoms with Crippen LogP contribution in [0.2, 0.25) is 0 Å². The molecular formula is C26H22N2O4. The number of carbonyl (C=O) groups excluding carboxylic acids is 2. The minimum atomic E-state index is -0.137. The molecule has 6 heteroatoms. The molecule has 32 heavy (non-hydrogen) atoms. The van der Waals surface area contributed by atoms with Crippen LogP contribution in [0.1, 0.15) is 15.9 Å². The Bertz CT molecular complexity index is 1310. The number of likely N-dealkylation sites (N-methyl/N-ethyl adjacent to an activating group) is 1. The van der Waals surface area contributed by atoms with Crippen LogP contribution in [0.4, 0.5) is 5.69 Å². The van der Waals surface area contributed by atoms with Crippen molar-refractivity contribution in [3.63, 3.8) is 0 Å². The summed E-state index contributed by atoms with van der Waals surface area (Å²) in [5.41, 5.74) is 3.17. The van der Waals surface area contributed by atoms with Crippen LogP contribution in [-0.2, 0) is 17.9 Å². The van der Waals surface area contributed by atoms with Crippen molar-refractivity contribution in [3.05, 3.63) is 90.1 Å². The Morgan fingerprint density at radius 1 is 1.03 bits per heavy atom. The maximum absolute atomic E-state index is 13.0. The van der Waals surface area contributed by atoms with Crippen LogP contribution in [0.25, 0.3) is 10.9 Å². The van der Waals surface area contributed by atoms with Gasteiger partial charge in [-0.25, -0.2) is 0 Å². The lowest BCUT2D eigenvalue weighted by atomic mass is 10.1.